The second kappa shape index (κ2) is 9.18. The highest BCUT2D eigenvalue weighted by molar-refractivity contribution is 5.98. The highest BCUT2D eigenvalue weighted by Gasteiger charge is 2.37. The van der Waals surface area contributed by atoms with Gasteiger partial charge in [0.05, 0.1) is 7.11 Å². The van der Waals surface area contributed by atoms with E-state index in [4.69, 9.17) is 4.74 Å². The molecule has 1 aromatic heterocycles. The fraction of sp³-hybridized carbons (Fsp3) is 0.240. The van der Waals surface area contributed by atoms with Gasteiger partial charge in [0.2, 0.25) is 11.8 Å². The zero-order valence-electron chi connectivity index (χ0n) is 18.0. The van der Waals surface area contributed by atoms with Crippen molar-refractivity contribution in [3.63, 3.8) is 0 Å². The molecule has 1 atom stereocenters. The van der Waals surface area contributed by atoms with E-state index in [9.17, 15) is 14.0 Å². The third-order valence-electron chi connectivity index (χ3n) is 5.75. The number of benzene rings is 2. The van der Waals surface area contributed by atoms with Crippen LogP contribution in [0.3, 0.4) is 0 Å². The lowest BCUT2D eigenvalue weighted by atomic mass is 9.93. The van der Waals surface area contributed by atoms with Crippen molar-refractivity contribution in [3.8, 4) is 17.0 Å². The molecule has 164 valence electrons. The standard InChI is InChI=1S/C25H24FN3O3/c1-28-13-14-29(24(30)19-11-12-27-23(16-19)32-2)22(25(28)31)15-18-5-3-4-6-21(18)17-7-9-20(26)10-8-17/h3-12,16,22H,13-15H2,1-2H3/t22-/m0/s1. The van der Waals surface area contributed by atoms with E-state index in [0.717, 1.165) is 16.7 Å². The van der Waals surface area contributed by atoms with Crippen LogP contribution in [0.15, 0.2) is 66.9 Å². The van der Waals surface area contributed by atoms with Gasteiger partial charge in [-0.3, -0.25) is 9.59 Å². The van der Waals surface area contributed by atoms with E-state index in [0.29, 0.717) is 31.0 Å². The molecule has 1 saturated heterocycles. The SMILES string of the molecule is COc1cc(C(=O)N2CCN(C)C(=O)[C@@H]2Cc2ccccc2-c2ccc(F)cc2)ccn1. The maximum Gasteiger partial charge on any atom is 0.254 e. The van der Waals surface area contributed by atoms with E-state index < -0.39 is 6.04 Å². The molecule has 0 unspecified atom stereocenters. The van der Waals surface area contributed by atoms with Gasteiger partial charge in [0.15, 0.2) is 0 Å². The minimum absolute atomic E-state index is 0.112. The number of nitrogens with zero attached hydrogens (tertiary/aromatic N) is 3. The van der Waals surface area contributed by atoms with Crippen molar-refractivity contribution in [1.29, 1.82) is 0 Å². The molecular formula is C25H24FN3O3. The monoisotopic (exact) mass is 433 g/mol. The predicted octanol–water partition coefficient (Wildman–Crippen LogP) is 3.42. The summed E-state index contributed by atoms with van der Waals surface area (Å²) in [5.41, 5.74) is 3.10. The molecule has 2 amide bonds. The first-order chi connectivity index (χ1) is 15.5. The number of piperazine rings is 1. The Hall–Kier alpha value is -3.74. The highest BCUT2D eigenvalue weighted by Crippen LogP contribution is 2.27. The lowest BCUT2D eigenvalue weighted by Gasteiger charge is -2.39. The normalized spacial score (nSPS) is 16.2. The van der Waals surface area contributed by atoms with Gasteiger partial charge in [0.1, 0.15) is 11.9 Å². The smallest absolute Gasteiger partial charge is 0.254 e. The second-order valence-corrected chi connectivity index (χ2v) is 7.73. The number of amides is 2. The molecular weight excluding hydrogens is 409 g/mol. The number of ether oxygens (including phenoxy) is 1. The first-order valence-corrected chi connectivity index (χ1v) is 10.4. The van der Waals surface area contributed by atoms with Gasteiger partial charge < -0.3 is 14.5 Å². The van der Waals surface area contributed by atoms with E-state index in [1.807, 2.05) is 24.3 Å². The maximum atomic E-state index is 13.4. The molecule has 2 heterocycles. The van der Waals surface area contributed by atoms with Crippen LogP contribution in [0.2, 0.25) is 0 Å². The van der Waals surface area contributed by atoms with Crippen LogP contribution >= 0.6 is 0 Å². The third-order valence-corrected chi connectivity index (χ3v) is 5.75. The molecule has 0 spiro atoms. The number of pyridine rings is 1. The van der Waals surface area contributed by atoms with E-state index in [2.05, 4.69) is 4.98 Å². The molecule has 4 rings (SSSR count). The van der Waals surface area contributed by atoms with Gasteiger partial charge in [-0.15, -0.1) is 0 Å². The number of carbonyl (C=O) groups is 2. The first kappa shape index (κ1) is 21.5. The summed E-state index contributed by atoms with van der Waals surface area (Å²) >= 11 is 0. The lowest BCUT2D eigenvalue weighted by molar-refractivity contribution is -0.138. The zero-order valence-corrected chi connectivity index (χ0v) is 18.0. The van der Waals surface area contributed by atoms with Gasteiger partial charge in [-0.2, -0.15) is 0 Å². The summed E-state index contributed by atoms with van der Waals surface area (Å²) in [6.07, 6.45) is 1.87. The van der Waals surface area contributed by atoms with E-state index in [-0.39, 0.29) is 17.6 Å². The summed E-state index contributed by atoms with van der Waals surface area (Å²) in [5, 5.41) is 0. The van der Waals surface area contributed by atoms with E-state index in [1.54, 1.807) is 41.1 Å². The molecule has 0 bridgehead atoms. The van der Waals surface area contributed by atoms with Gasteiger partial charge in [-0.25, -0.2) is 9.37 Å². The average Bonchev–Trinajstić information content (AvgIpc) is 2.83. The van der Waals surface area contributed by atoms with Crippen LogP contribution in [0.1, 0.15) is 15.9 Å². The lowest BCUT2D eigenvalue weighted by Crippen LogP contribution is -2.58. The molecule has 0 N–H and O–H groups in total. The van der Waals surface area contributed by atoms with Gasteiger partial charge in [-0.05, 0) is 34.9 Å². The van der Waals surface area contributed by atoms with Crippen molar-refractivity contribution in [1.82, 2.24) is 14.8 Å². The number of carbonyl (C=O) groups excluding carboxylic acids is 2. The Bertz CT molecular complexity index is 1130. The van der Waals surface area contributed by atoms with Crippen LogP contribution in [0, 0.1) is 5.82 Å². The minimum Gasteiger partial charge on any atom is -0.481 e. The molecule has 0 radical (unpaired) electrons. The largest absolute Gasteiger partial charge is 0.481 e. The summed E-state index contributed by atoms with van der Waals surface area (Å²) in [6, 6.07) is 16.5. The summed E-state index contributed by atoms with van der Waals surface area (Å²) in [7, 11) is 3.24. The van der Waals surface area contributed by atoms with Crippen molar-refractivity contribution < 1.29 is 18.7 Å². The average molecular weight is 433 g/mol. The second-order valence-electron chi connectivity index (χ2n) is 7.73. The Morgan fingerprint density at radius 3 is 2.62 bits per heavy atom. The number of hydrogen-bond donors (Lipinski definition) is 0. The molecule has 32 heavy (non-hydrogen) atoms. The Morgan fingerprint density at radius 1 is 1.12 bits per heavy atom. The number of methoxy groups -OCH3 is 1. The van der Waals surface area contributed by atoms with Crippen molar-refractivity contribution in [2.24, 2.45) is 0 Å². The molecule has 0 aliphatic carbocycles. The van der Waals surface area contributed by atoms with Crippen LogP contribution < -0.4 is 4.74 Å². The molecule has 0 saturated carbocycles. The van der Waals surface area contributed by atoms with Gasteiger partial charge in [0.25, 0.3) is 5.91 Å². The van der Waals surface area contributed by atoms with Crippen LogP contribution in [0.25, 0.3) is 11.1 Å². The Kier molecular flexibility index (Phi) is 6.16. The molecule has 1 fully saturated rings. The molecule has 1 aliphatic heterocycles. The number of rotatable bonds is 5. The third kappa shape index (κ3) is 4.32. The van der Waals surface area contributed by atoms with Crippen molar-refractivity contribution in [2.45, 2.75) is 12.5 Å². The molecule has 6 nitrogen and oxygen atoms in total. The highest BCUT2D eigenvalue weighted by atomic mass is 19.1. The minimum atomic E-state index is -0.651. The van der Waals surface area contributed by atoms with Crippen LogP contribution in [0.4, 0.5) is 4.39 Å². The van der Waals surface area contributed by atoms with Crippen LogP contribution in [-0.4, -0.2) is 59.9 Å². The van der Waals surface area contributed by atoms with Crippen molar-refractivity contribution in [2.75, 3.05) is 27.2 Å². The summed E-state index contributed by atoms with van der Waals surface area (Å²) in [5.74, 6) is -0.315. The van der Waals surface area contributed by atoms with E-state index in [1.165, 1.54) is 25.4 Å². The Morgan fingerprint density at radius 2 is 1.88 bits per heavy atom. The van der Waals surface area contributed by atoms with Crippen LogP contribution in [-0.2, 0) is 11.2 Å². The number of likely N-dealkylation sites (N-methyl/N-ethyl adjacent to an activating group) is 1. The van der Waals surface area contributed by atoms with Crippen LogP contribution in [0.5, 0.6) is 5.88 Å². The number of hydrogen-bond acceptors (Lipinski definition) is 4. The van der Waals surface area contributed by atoms with Crippen molar-refractivity contribution in [3.05, 3.63) is 83.8 Å². The fourth-order valence-corrected chi connectivity index (χ4v) is 3.99. The molecule has 1 aliphatic rings. The Labute approximate surface area is 186 Å². The quantitative estimate of drug-likeness (QED) is 0.619. The topological polar surface area (TPSA) is 62.7 Å². The molecule has 7 heteroatoms. The fourth-order valence-electron chi connectivity index (χ4n) is 3.99. The first-order valence-electron chi connectivity index (χ1n) is 10.4. The summed E-state index contributed by atoms with van der Waals surface area (Å²) < 4.78 is 18.6. The molecule has 3 aromatic rings. The van der Waals surface area contributed by atoms with Gasteiger partial charge in [-0.1, -0.05) is 36.4 Å². The maximum absolute atomic E-state index is 13.4. The number of aromatic nitrogens is 1. The van der Waals surface area contributed by atoms with Gasteiger partial charge in [0, 0.05) is 44.4 Å². The van der Waals surface area contributed by atoms with Gasteiger partial charge >= 0.3 is 0 Å². The molecule has 2 aromatic carbocycles. The zero-order chi connectivity index (χ0) is 22.7. The number of halogens is 1. The summed E-state index contributed by atoms with van der Waals surface area (Å²) in [4.78, 5) is 33.8. The Balaban J connectivity index is 1.68. The van der Waals surface area contributed by atoms with Crippen molar-refractivity contribution >= 4 is 11.8 Å². The predicted molar refractivity (Wildman–Crippen MR) is 119 cm³/mol. The summed E-state index contributed by atoms with van der Waals surface area (Å²) in [6.45, 7) is 0.887. The van der Waals surface area contributed by atoms with E-state index >= 15 is 0 Å².